The van der Waals surface area contributed by atoms with Crippen molar-refractivity contribution in [1.29, 1.82) is 0 Å². The smallest absolute Gasteiger partial charge is 0.339 e. The summed E-state index contributed by atoms with van der Waals surface area (Å²) in [6, 6.07) is 9.96. The summed E-state index contributed by atoms with van der Waals surface area (Å²) in [5.41, 5.74) is 4.61. The molecule has 0 bridgehead atoms. The summed E-state index contributed by atoms with van der Waals surface area (Å²) in [4.78, 5) is 14.4. The second-order valence-electron chi connectivity index (χ2n) is 8.71. The molecule has 2 aromatic carbocycles. The maximum Gasteiger partial charge on any atom is 0.339 e. The average molecular weight is 452 g/mol. The summed E-state index contributed by atoms with van der Waals surface area (Å²) < 4.78 is 22.2. The molecule has 3 aromatic rings. The van der Waals surface area contributed by atoms with Crippen molar-refractivity contribution >= 4 is 11.0 Å². The Labute approximate surface area is 195 Å². The van der Waals surface area contributed by atoms with E-state index in [1.807, 2.05) is 25.1 Å². The first kappa shape index (κ1) is 23.2. The zero-order valence-electron chi connectivity index (χ0n) is 20.0. The van der Waals surface area contributed by atoms with E-state index in [9.17, 15) is 4.79 Å². The number of hydrogen-bond donors (Lipinski definition) is 0. The topological polar surface area (TPSA) is 61.1 Å². The zero-order chi connectivity index (χ0) is 23.4. The summed E-state index contributed by atoms with van der Waals surface area (Å²) in [6.45, 7) is 7.49. The number of unbranched alkanes of at least 4 members (excludes halogenated alkanes) is 2. The Hall–Kier alpha value is -2.99. The predicted octanol–water partition coefficient (Wildman–Crippen LogP) is 5.03. The standard InChI is InChI=1S/C27H33NO5/c1-18-19(2)27(29)33-24-16-22(8-9-23(18)24)32-13-7-5-6-11-28-12-10-20-14-25(30-3)26(31-4)15-21(20)17-28/h8-9,14-16H,5-7,10-13,17H2,1-4H3. The number of methoxy groups -OCH3 is 2. The Morgan fingerprint density at radius 3 is 2.45 bits per heavy atom. The predicted molar refractivity (Wildman–Crippen MR) is 130 cm³/mol. The minimum atomic E-state index is -0.282. The fourth-order valence-corrected chi connectivity index (χ4v) is 4.45. The van der Waals surface area contributed by atoms with Crippen LogP contribution >= 0.6 is 0 Å². The Morgan fingerprint density at radius 1 is 0.939 bits per heavy atom. The van der Waals surface area contributed by atoms with E-state index >= 15 is 0 Å². The first-order chi connectivity index (χ1) is 16.0. The molecule has 1 aliphatic heterocycles. The molecule has 2 heterocycles. The van der Waals surface area contributed by atoms with Gasteiger partial charge in [-0.15, -0.1) is 0 Å². The highest BCUT2D eigenvalue weighted by atomic mass is 16.5. The van der Waals surface area contributed by atoms with Gasteiger partial charge in [0.2, 0.25) is 0 Å². The quantitative estimate of drug-likeness (QED) is 0.336. The normalized spacial score (nSPS) is 13.7. The van der Waals surface area contributed by atoms with Crippen LogP contribution in [0.1, 0.15) is 41.5 Å². The van der Waals surface area contributed by atoms with E-state index in [1.165, 1.54) is 11.1 Å². The van der Waals surface area contributed by atoms with E-state index in [0.29, 0.717) is 17.8 Å². The van der Waals surface area contributed by atoms with Gasteiger partial charge in [0.1, 0.15) is 11.3 Å². The van der Waals surface area contributed by atoms with Gasteiger partial charge in [-0.05, 0) is 87.0 Å². The molecule has 0 atom stereocenters. The molecule has 1 aliphatic rings. The first-order valence-corrected chi connectivity index (χ1v) is 11.6. The summed E-state index contributed by atoms with van der Waals surface area (Å²) in [7, 11) is 3.37. The summed E-state index contributed by atoms with van der Waals surface area (Å²) in [5, 5.41) is 0.957. The van der Waals surface area contributed by atoms with Crippen molar-refractivity contribution in [3.05, 3.63) is 63.0 Å². The molecule has 6 nitrogen and oxygen atoms in total. The highest BCUT2D eigenvalue weighted by Gasteiger charge is 2.19. The largest absolute Gasteiger partial charge is 0.493 e. The molecule has 0 saturated carbocycles. The van der Waals surface area contributed by atoms with Crippen LogP contribution in [0, 0.1) is 13.8 Å². The second kappa shape index (κ2) is 10.3. The fourth-order valence-electron chi connectivity index (χ4n) is 4.45. The van der Waals surface area contributed by atoms with E-state index in [0.717, 1.165) is 73.5 Å². The molecular formula is C27H33NO5. The van der Waals surface area contributed by atoms with Crippen molar-refractivity contribution < 1.29 is 18.6 Å². The second-order valence-corrected chi connectivity index (χ2v) is 8.71. The van der Waals surface area contributed by atoms with Crippen LogP contribution in [0.5, 0.6) is 17.2 Å². The molecule has 0 unspecified atom stereocenters. The maximum absolute atomic E-state index is 11.9. The van der Waals surface area contributed by atoms with Gasteiger partial charge in [-0.3, -0.25) is 4.90 Å². The fraction of sp³-hybridized carbons (Fsp3) is 0.444. The molecule has 33 heavy (non-hydrogen) atoms. The lowest BCUT2D eigenvalue weighted by molar-refractivity contribution is 0.241. The van der Waals surface area contributed by atoms with Gasteiger partial charge in [-0.2, -0.15) is 0 Å². The number of hydrogen-bond acceptors (Lipinski definition) is 6. The highest BCUT2D eigenvalue weighted by Crippen LogP contribution is 2.33. The van der Waals surface area contributed by atoms with Crippen molar-refractivity contribution in [2.24, 2.45) is 0 Å². The molecule has 0 fully saturated rings. The van der Waals surface area contributed by atoms with Gasteiger partial charge in [0, 0.05) is 30.1 Å². The van der Waals surface area contributed by atoms with Crippen LogP contribution in [0.25, 0.3) is 11.0 Å². The van der Waals surface area contributed by atoms with E-state index in [1.54, 1.807) is 21.1 Å². The molecular weight excluding hydrogens is 418 g/mol. The van der Waals surface area contributed by atoms with Crippen LogP contribution in [-0.2, 0) is 13.0 Å². The number of aryl methyl sites for hydroxylation is 1. The third-order valence-corrected chi connectivity index (χ3v) is 6.61. The molecule has 0 saturated heterocycles. The summed E-state index contributed by atoms with van der Waals surface area (Å²) >= 11 is 0. The van der Waals surface area contributed by atoms with Gasteiger partial charge < -0.3 is 18.6 Å². The monoisotopic (exact) mass is 451 g/mol. The Kier molecular flexibility index (Phi) is 7.23. The lowest BCUT2D eigenvalue weighted by Gasteiger charge is -2.29. The molecule has 4 rings (SSSR count). The lowest BCUT2D eigenvalue weighted by atomic mass is 9.98. The molecule has 0 N–H and O–H groups in total. The third-order valence-electron chi connectivity index (χ3n) is 6.61. The van der Waals surface area contributed by atoms with E-state index in [-0.39, 0.29) is 5.63 Å². The Morgan fingerprint density at radius 2 is 1.70 bits per heavy atom. The first-order valence-electron chi connectivity index (χ1n) is 11.6. The van der Waals surface area contributed by atoms with Gasteiger partial charge in [0.05, 0.1) is 20.8 Å². The third kappa shape index (κ3) is 5.17. The van der Waals surface area contributed by atoms with Gasteiger partial charge in [0.25, 0.3) is 0 Å². The van der Waals surface area contributed by atoms with Gasteiger partial charge in [-0.25, -0.2) is 4.79 Å². The van der Waals surface area contributed by atoms with Crippen LogP contribution in [-0.4, -0.2) is 38.8 Å². The number of rotatable bonds is 9. The SMILES string of the molecule is COc1cc2c(cc1OC)CN(CCCCCOc1ccc3c(C)c(C)c(=O)oc3c1)CC2. The molecule has 0 amide bonds. The van der Waals surface area contributed by atoms with Crippen molar-refractivity contribution in [3.63, 3.8) is 0 Å². The van der Waals surface area contributed by atoms with Crippen LogP contribution in [0.3, 0.4) is 0 Å². The maximum atomic E-state index is 11.9. The summed E-state index contributed by atoms with van der Waals surface area (Å²) in [6.07, 6.45) is 4.27. The molecule has 6 heteroatoms. The molecule has 0 radical (unpaired) electrons. The van der Waals surface area contributed by atoms with E-state index < -0.39 is 0 Å². The summed E-state index contributed by atoms with van der Waals surface area (Å²) in [5.74, 6) is 2.35. The van der Waals surface area contributed by atoms with Crippen molar-refractivity contribution in [2.75, 3.05) is 33.9 Å². The lowest BCUT2D eigenvalue weighted by Crippen LogP contribution is -2.31. The minimum Gasteiger partial charge on any atom is -0.493 e. The average Bonchev–Trinajstić information content (AvgIpc) is 2.83. The number of nitrogens with zero attached hydrogens (tertiary/aromatic N) is 1. The Bertz CT molecular complexity index is 1180. The molecule has 1 aromatic heterocycles. The molecule has 0 aliphatic carbocycles. The van der Waals surface area contributed by atoms with Crippen LogP contribution in [0.2, 0.25) is 0 Å². The van der Waals surface area contributed by atoms with Crippen molar-refractivity contribution in [3.8, 4) is 17.2 Å². The van der Waals surface area contributed by atoms with Crippen LogP contribution in [0.15, 0.2) is 39.5 Å². The number of benzene rings is 2. The minimum absolute atomic E-state index is 0.282. The van der Waals surface area contributed by atoms with E-state index in [4.69, 9.17) is 18.6 Å². The van der Waals surface area contributed by atoms with Gasteiger partial charge in [-0.1, -0.05) is 0 Å². The van der Waals surface area contributed by atoms with Crippen molar-refractivity contribution in [1.82, 2.24) is 4.90 Å². The van der Waals surface area contributed by atoms with Gasteiger partial charge >= 0.3 is 5.63 Å². The zero-order valence-corrected chi connectivity index (χ0v) is 20.0. The van der Waals surface area contributed by atoms with Crippen LogP contribution < -0.4 is 19.8 Å². The molecule has 176 valence electrons. The highest BCUT2D eigenvalue weighted by molar-refractivity contribution is 5.82. The molecule has 0 spiro atoms. The number of ether oxygens (including phenoxy) is 3. The van der Waals surface area contributed by atoms with Gasteiger partial charge in [0.15, 0.2) is 11.5 Å². The Balaban J connectivity index is 1.22. The van der Waals surface area contributed by atoms with E-state index in [2.05, 4.69) is 17.0 Å². The van der Waals surface area contributed by atoms with Crippen LogP contribution in [0.4, 0.5) is 0 Å². The van der Waals surface area contributed by atoms with Crippen molar-refractivity contribution in [2.45, 2.75) is 46.1 Å². The number of fused-ring (bicyclic) bond motifs is 2.